The first-order valence-electron chi connectivity index (χ1n) is 5.29. The van der Waals surface area contributed by atoms with Crippen molar-refractivity contribution in [2.75, 3.05) is 0 Å². The molecule has 0 saturated heterocycles. The molecule has 0 heterocycles. The van der Waals surface area contributed by atoms with Crippen molar-refractivity contribution in [1.82, 2.24) is 0 Å². The first kappa shape index (κ1) is 13.0. The molecule has 0 amide bonds. The molecule has 0 aliphatic heterocycles. The number of hydrogen-bond acceptors (Lipinski definition) is 0. The van der Waals surface area contributed by atoms with Gasteiger partial charge in [-0.2, -0.15) is 0 Å². The number of aryl methyl sites for hydroxylation is 1. The Morgan fingerprint density at radius 2 is 2.00 bits per heavy atom. The second-order valence-corrected chi connectivity index (χ2v) is 3.63. The quantitative estimate of drug-likeness (QED) is 0.593. The lowest BCUT2D eigenvalue weighted by molar-refractivity contribution is 0.733. The van der Waals surface area contributed by atoms with Crippen molar-refractivity contribution in [3.05, 3.63) is 48.0 Å². The van der Waals surface area contributed by atoms with Crippen LogP contribution in [-0.4, -0.2) is 0 Å². The van der Waals surface area contributed by atoms with Crippen LogP contribution in [0, 0.1) is 6.92 Å². The van der Waals surface area contributed by atoms with E-state index in [9.17, 15) is 0 Å². The van der Waals surface area contributed by atoms with Crippen molar-refractivity contribution in [3.8, 4) is 0 Å². The van der Waals surface area contributed by atoms with Crippen molar-refractivity contribution < 1.29 is 0 Å². The molecule has 0 bridgehead atoms. The highest BCUT2D eigenvalue weighted by atomic mass is 14.1. The fraction of sp³-hybridized carbons (Fsp3) is 0.429. The van der Waals surface area contributed by atoms with Gasteiger partial charge in [-0.3, -0.25) is 0 Å². The van der Waals surface area contributed by atoms with Crippen LogP contribution in [-0.2, 0) is 0 Å². The molecular weight excluding hydrogens is 168 g/mol. The van der Waals surface area contributed by atoms with Crippen LogP contribution < -0.4 is 0 Å². The minimum Gasteiger partial charge on any atom is -0.103 e. The summed E-state index contributed by atoms with van der Waals surface area (Å²) in [6, 6.07) is 8.76. The summed E-state index contributed by atoms with van der Waals surface area (Å²) in [6.45, 7) is 11.9. The predicted octanol–water partition coefficient (Wildman–Crippen LogP) is 4.70. The minimum absolute atomic E-state index is 0.704. The topological polar surface area (TPSA) is 0 Å². The molecule has 0 N–H and O–H groups in total. The van der Waals surface area contributed by atoms with E-state index in [1.165, 1.54) is 17.5 Å². The molecule has 0 saturated carbocycles. The molecule has 14 heavy (non-hydrogen) atoms. The highest BCUT2D eigenvalue weighted by molar-refractivity contribution is 5.24. The molecule has 0 aliphatic carbocycles. The smallest absolute Gasteiger partial charge is 0.0193 e. The zero-order chi connectivity index (χ0) is 11.0. The molecule has 78 valence electrons. The van der Waals surface area contributed by atoms with Gasteiger partial charge in [0.1, 0.15) is 0 Å². The lowest BCUT2D eigenvalue weighted by Crippen LogP contribution is -1.90. The van der Waals surface area contributed by atoms with Gasteiger partial charge in [-0.1, -0.05) is 49.8 Å². The predicted molar refractivity (Wildman–Crippen MR) is 65.8 cm³/mol. The van der Waals surface area contributed by atoms with Gasteiger partial charge in [-0.25, -0.2) is 0 Å². The summed E-state index contributed by atoms with van der Waals surface area (Å²) >= 11 is 0. The van der Waals surface area contributed by atoms with E-state index in [-0.39, 0.29) is 0 Å². The van der Waals surface area contributed by atoms with Gasteiger partial charge in [0, 0.05) is 0 Å². The summed E-state index contributed by atoms with van der Waals surface area (Å²) in [5.41, 5.74) is 2.83. The maximum Gasteiger partial charge on any atom is -0.0193 e. The van der Waals surface area contributed by atoms with Gasteiger partial charge >= 0.3 is 0 Å². The monoisotopic (exact) mass is 190 g/mol. The van der Waals surface area contributed by atoms with E-state index in [1.54, 1.807) is 6.08 Å². The molecule has 0 nitrogen and oxygen atoms in total. The molecule has 0 radical (unpaired) electrons. The fourth-order valence-corrected chi connectivity index (χ4v) is 1.21. The van der Waals surface area contributed by atoms with Crippen LogP contribution in [0.3, 0.4) is 0 Å². The number of hydrogen-bond donors (Lipinski definition) is 0. The summed E-state index contributed by atoms with van der Waals surface area (Å²) in [7, 11) is 0. The highest BCUT2D eigenvalue weighted by Crippen LogP contribution is 2.18. The Balaban J connectivity index is 0.000000500. The molecule has 1 aromatic carbocycles. The lowest BCUT2D eigenvalue weighted by Gasteiger charge is -2.08. The molecule has 0 aliphatic rings. The first-order chi connectivity index (χ1) is 6.65. The summed E-state index contributed by atoms with van der Waals surface area (Å²) in [5.74, 6) is 0.704. The van der Waals surface area contributed by atoms with Crippen LogP contribution in [0.15, 0.2) is 36.9 Å². The van der Waals surface area contributed by atoms with Crippen LogP contribution in [0.1, 0.15) is 44.2 Å². The number of benzene rings is 1. The summed E-state index contributed by atoms with van der Waals surface area (Å²) in [6.07, 6.45) is 2.98. The van der Waals surface area contributed by atoms with E-state index >= 15 is 0 Å². The molecule has 0 heteroatoms. The van der Waals surface area contributed by atoms with Crippen LogP contribution >= 0.6 is 0 Å². The van der Waals surface area contributed by atoms with Crippen molar-refractivity contribution in [2.45, 2.75) is 40.0 Å². The Morgan fingerprint density at radius 3 is 2.43 bits per heavy atom. The Morgan fingerprint density at radius 1 is 1.43 bits per heavy atom. The van der Waals surface area contributed by atoms with Crippen molar-refractivity contribution in [1.29, 1.82) is 0 Å². The van der Waals surface area contributed by atoms with Crippen LogP contribution in [0.4, 0.5) is 0 Å². The second kappa shape index (κ2) is 7.37. The van der Waals surface area contributed by atoms with E-state index in [1.807, 2.05) is 6.92 Å². The van der Waals surface area contributed by atoms with Crippen molar-refractivity contribution >= 4 is 0 Å². The summed E-state index contributed by atoms with van der Waals surface area (Å²) < 4.78 is 0. The Hall–Kier alpha value is -1.04. The third kappa shape index (κ3) is 4.86. The molecule has 0 fully saturated rings. The van der Waals surface area contributed by atoms with Gasteiger partial charge in [0.15, 0.2) is 0 Å². The molecule has 0 aromatic heterocycles. The van der Waals surface area contributed by atoms with E-state index in [4.69, 9.17) is 0 Å². The van der Waals surface area contributed by atoms with E-state index < -0.39 is 0 Å². The molecule has 1 rings (SSSR count). The molecule has 1 unspecified atom stereocenters. The molecule has 0 spiro atoms. The van der Waals surface area contributed by atoms with Gasteiger partial charge in [0.05, 0.1) is 0 Å². The van der Waals surface area contributed by atoms with Gasteiger partial charge < -0.3 is 0 Å². The van der Waals surface area contributed by atoms with Gasteiger partial charge in [0.25, 0.3) is 0 Å². The largest absolute Gasteiger partial charge is 0.103 e. The standard InChI is InChI=1S/C11H16.C3H6/c1-4-10(3)11-7-5-6-9(2)8-11;1-3-2/h5-8,10H,4H2,1-3H3;3H,1H2,2H3. The fourth-order valence-electron chi connectivity index (χ4n) is 1.21. The highest BCUT2D eigenvalue weighted by Gasteiger charge is 2.00. The number of allylic oxidation sites excluding steroid dienone is 1. The normalized spacial score (nSPS) is 11.1. The van der Waals surface area contributed by atoms with Crippen molar-refractivity contribution in [2.24, 2.45) is 0 Å². The summed E-state index contributed by atoms with van der Waals surface area (Å²) in [4.78, 5) is 0. The maximum atomic E-state index is 3.36. The lowest BCUT2D eigenvalue weighted by atomic mass is 9.97. The van der Waals surface area contributed by atoms with Gasteiger partial charge in [-0.05, 0) is 31.7 Å². The Bertz CT molecular complexity index is 260. The third-order valence-electron chi connectivity index (χ3n) is 2.22. The van der Waals surface area contributed by atoms with Crippen LogP contribution in [0.25, 0.3) is 0 Å². The van der Waals surface area contributed by atoms with E-state index in [0.29, 0.717) is 5.92 Å². The molecule has 1 atom stereocenters. The third-order valence-corrected chi connectivity index (χ3v) is 2.22. The number of rotatable bonds is 2. The summed E-state index contributed by atoms with van der Waals surface area (Å²) in [5, 5.41) is 0. The molecule has 1 aromatic rings. The SMILES string of the molecule is C=CC.CCC(C)c1cccc(C)c1. The zero-order valence-electron chi connectivity index (χ0n) is 9.88. The Labute approximate surface area is 88.7 Å². The van der Waals surface area contributed by atoms with E-state index in [0.717, 1.165) is 0 Å². The van der Waals surface area contributed by atoms with Crippen molar-refractivity contribution in [3.63, 3.8) is 0 Å². The maximum absolute atomic E-state index is 3.36. The second-order valence-electron chi connectivity index (χ2n) is 3.63. The van der Waals surface area contributed by atoms with Gasteiger partial charge in [0.2, 0.25) is 0 Å². The average Bonchev–Trinajstić information content (AvgIpc) is 2.18. The van der Waals surface area contributed by atoms with Crippen LogP contribution in [0.2, 0.25) is 0 Å². The zero-order valence-corrected chi connectivity index (χ0v) is 9.88. The average molecular weight is 190 g/mol. The minimum atomic E-state index is 0.704. The Kier molecular flexibility index (Phi) is 6.82. The van der Waals surface area contributed by atoms with Gasteiger partial charge in [-0.15, -0.1) is 6.58 Å². The van der Waals surface area contributed by atoms with E-state index in [2.05, 4.69) is 51.6 Å². The molecular formula is C14H22. The van der Waals surface area contributed by atoms with Crippen LogP contribution in [0.5, 0.6) is 0 Å². The first-order valence-corrected chi connectivity index (χ1v) is 5.29.